The largest absolute Gasteiger partial charge is 0.473 e. The number of benzene rings is 1. The highest BCUT2D eigenvalue weighted by atomic mass is 32.2. The average molecular weight is 774 g/mol. The number of carbonyl (C=O) groups excluding carboxylic acids is 2. The fraction of sp³-hybridized carbons (Fsp3) is 0.667. The summed E-state index contributed by atoms with van der Waals surface area (Å²) < 4.78 is 35.3. The van der Waals surface area contributed by atoms with Crippen LogP contribution < -0.4 is 9.46 Å². The van der Waals surface area contributed by atoms with Gasteiger partial charge in [0.1, 0.15) is 11.5 Å². The molecule has 0 spiro atoms. The number of para-hydroxylation sites is 2. The molecule has 53 heavy (non-hydrogen) atoms. The van der Waals surface area contributed by atoms with Gasteiger partial charge in [0.25, 0.3) is 0 Å². The van der Waals surface area contributed by atoms with Crippen molar-refractivity contribution in [2.24, 2.45) is 29.1 Å². The molecule has 2 heterocycles. The summed E-state index contributed by atoms with van der Waals surface area (Å²) in [4.78, 5) is 34.0. The molecule has 2 aliphatic rings. The fourth-order valence-corrected chi connectivity index (χ4v) is 7.71. The second-order valence-corrected chi connectivity index (χ2v) is 19.3. The number of nitrogens with one attached hydrogen (secondary N) is 1. The van der Waals surface area contributed by atoms with Crippen molar-refractivity contribution in [3.63, 3.8) is 0 Å². The Bertz CT molecular complexity index is 1640. The summed E-state index contributed by atoms with van der Waals surface area (Å²) >= 11 is 1.64. The standard InChI is InChI=1S/C15H14N2OS.C14H24O3.C7H16.C6H13NO2S/c1-10(2)18-15-14(13-8-5-9-19-13)16-11-6-3-4-7-12(11)17-15;1-10(2)14(16)12(9-13(15)17-3)11-7-5-4-6-8-11;1-6(2)7(3,4)5;1-5(2)7-10(8,9)6-3-4-6/h3-10H,1-2H3;10-12H,4-9H2,1-3H3;6H,1-5H3;5-7H,3-4H2,1-2H3/t;12-;;/m.0../s1. The fourth-order valence-electron chi connectivity index (χ4n) is 5.39. The number of thiophene rings is 1. The number of ether oxygens (including phenoxy) is 2. The van der Waals surface area contributed by atoms with E-state index >= 15 is 0 Å². The number of Topliss-reactive ketones (excluding diaryl/α,β-unsaturated/α-hetero) is 1. The van der Waals surface area contributed by atoms with Crippen LogP contribution in [0.15, 0.2) is 41.8 Å². The molecule has 2 fully saturated rings. The zero-order valence-electron chi connectivity index (χ0n) is 34.4. The maximum atomic E-state index is 12.2. The van der Waals surface area contributed by atoms with E-state index in [1.165, 1.54) is 26.4 Å². The molecule has 0 unspecified atom stereocenters. The molecule has 1 N–H and O–H groups in total. The van der Waals surface area contributed by atoms with Gasteiger partial charge in [-0.15, -0.1) is 11.3 Å². The van der Waals surface area contributed by atoms with E-state index in [0.717, 1.165) is 53.2 Å². The molecule has 5 rings (SSSR count). The smallest absolute Gasteiger partial charge is 0.306 e. The zero-order chi connectivity index (χ0) is 39.9. The third-order valence-electron chi connectivity index (χ3n) is 9.50. The van der Waals surface area contributed by atoms with E-state index in [2.05, 4.69) is 44.3 Å². The summed E-state index contributed by atoms with van der Waals surface area (Å²) in [6, 6.07) is 11.9. The molecular formula is C42H67N3O6S2. The maximum Gasteiger partial charge on any atom is 0.306 e. The number of hydrogen-bond donors (Lipinski definition) is 1. The topological polar surface area (TPSA) is 125 Å². The molecule has 298 valence electrons. The number of methoxy groups -OCH3 is 1. The summed E-state index contributed by atoms with van der Waals surface area (Å²) in [7, 11) is -1.55. The second kappa shape index (κ2) is 21.9. The van der Waals surface area contributed by atoms with Gasteiger partial charge in [0.05, 0.1) is 40.8 Å². The Morgan fingerprint density at radius 3 is 1.87 bits per heavy atom. The first-order valence-corrected chi connectivity index (χ1v) is 21.8. The first kappa shape index (κ1) is 46.3. The lowest BCUT2D eigenvalue weighted by Crippen LogP contribution is -2.32. The van der Waals surface area contributed by atoms with Crippen LogP contribution in [0.3, 0.4) is 0 Å². The Morgan fingerprint density at radius 1 is 0.868 bits per heavy atom. The molecule has 11 heteroatoms. The van der Waals surface area contributed by atoms with Gasteiger partial charge in [-0.2, -0.15) is 0 Å². The van der Waals surface area contributed by atoms with Gasteiger partial charge in [-0.3, -0.25) is 9.59 Å². The number of nitrogens with zero attached hydrogens (tertiary/aromatic N) is 2. The summed E-state index contributed by atoms with van der Waals surface area (Å²) in [5.41, 5.74) is 3.07. The van der Waals surface area contributed by atoms with E-state index in [4.69, 9.17) is 14.5 Å². The van der Waals surface area contributed by atoms with Crippen molar-refractivity contribution in [2.45, 2.75) is 145 Å². The van der Waals surface area contributed by atoms with Crippen molar-refractivity contribution in [2.75, 3.05) is 7.11 Å². The molecule has 2 aliphatic carbocycles. The third kappa shape index (κ3) is 16.6. The predicted molar refractivity (Wildman–Crippen MR) is 220 cm³/mol. The van der Waals surface area contributed by atoms with Crippen LogP contribution in [0.1, 0.15) is 128 Å². The van der Waals surface area contributed by atoms with Gasteiger partial charge in [0.15, 0.2) is 0 Å². The van der Waals surface area contributed by atoms with Gasteiger partial charge in [-0.1, -0.05) is 85.9 Å². The van der Waals surface area contributed by atoms with Crippen LogP contribution in [0.4, 0.5) is 0 Å². The number of hydrogen-bond acceptors (Lipinski definition) is 9. The van der Waals surface area contributed by atoms with Crippen molar-refractivity contribution in [1.82, 2.24) is 14.7 Å². The van der Waals surface area contributed by atoms with Crippen molar-refractivity contribution in [3.8, 4) is 16.5 Å². The molecule has 2 aromatic heterocycles. The van der Waals surface area contributed by atoms with Crippen molar-refractivity contribution >= 4 is 44.1 Å². The quantitative estimate of drug-likeness (QED) is 0.191. The van der Waals surface area contributed by atoms with Crippen LogP contribution in [0.2, 0.25) is 0 Å². The molecular weight excluding hydrogens is 707 g/mol. The Morgan fingerprint density at radius 2 is 1.43 bits per heavy atom. The predicted octanol–water partition coefficient (Wildman–Crippen LogP) is 10.3. The minimum Gasteiger partial charge on any atom is -0.473 e. The molecule has 0 aliphatic heterocycles. The second-order valence-electron chi connectivity index (χ2n) is 16.4. The summed E-state index contributed by atoms with van der Waals surface area (Å²) in [6.07, 6.45) is 7.82. The van der Waals surface area contributed by atoms with Crippen molar-refractivity contribution < 1.29 is 27.5 Å². The van der Waals surface area contributed by atoms with E-state index in [-0.39, 0.29) is 47.4 Å². The minimum atomic E-state index is -2.94. The van der Waals surface area contributed by atoms with E-state index in [1.54, 1.807) is 11.3 Å². The summed E-state index contributed by atoms with van der Waals surface area (Å²) in [6.45, 7) is 22.8. The van der Waals surface area contributed by atoms with Gasteiger partial charge in [0.2, 0.25) is 15.9 Å². The van der Waals surface area contributed by atoms with Gasteiger partial charge in [0, 0.05) is 17.9 Å². The summed E-state index contributed by atoms with van der Waals surface area (Å²) in [5, 5.41) is 1.95. The Kier molecular flexibility index (Phi) is 19.1. The van der Waals surface area contributed by atoms with Crippen LogP contribution >= 0.6 is 11.3 Å². The van der Waals surface area contributed by atoms with Crippen LogP contribution in [-0.4, -0.2) is 54.6 Å². The first-order valence-electron chi connectivity index (χ1n) is 19.4. The summed E-state index contributed by atoms with van der Waals surface area (Å²) in [5.74, 6) is 1.65. The van der Waals surface area contributed by atoms with Gasteiger partial charge >= 0.3 is 5.97 Å². The number of ketones is 1. The highest BCUT2D eigenvalue weighted by Gasteiger charge is 2.36. The Hall–Kier alpha value is -2.89. The Balaban J connectivity index is 0.000000262. The number of fused-ring (bicyclic) bond motifs is 1. The molecule has 9 nitrogen and oxygen atoms in total. The first-order chi connectivity index (χ1) is 24.8. The van der Waals surface area contributed by atoms with E-state index < -0.39 is 10.0 Å². The highest BCUT2D eigenvalue weighted by molar-refractivity contribution is 7.90. The average Bonchev–Trinajstić information content (AvgIpc) is 3.82. The number of esters is 1. The number of carbonyl (C=O) groups is 2. The van der Waals surface area contributed by atoms with Gasteiger partial charge in [-0.25, -0.2) is 23.1 Å². The minimum absolute atomic E-state index is 0.00610. The number of aromatic nitrogens is 2. The SMILES string of the molecule is CC(C)C(C)(C)C.CC(C)NS(=O)(=O)C1CC1.CC(C)Oc1nc2ccccc2nc1-c1cccs1.COC(=O)C[C@H](C(=O)C(C)C)C1CCCCC1. The molecule has 0 radical (unpaired) electrons. The van der Waals surface area contributed by atoms with Crippen LogP contribution in [0, 0.1) is 29.1 Å². The molecule has 2 saturated carbocycles. The van der Waals surface area contributed by atoms with E-state index in [0.29, 0.717) is 17.2 Å². The highest BCUT2D eigenvalue weighted by Crippen LogP contribution is 2.34. The normalized spacial score (nSPS) is 15.5. The number of rotatable bonds is 11. The molecule has 0 saturated heterocycles. The monoisotopic (exact) mass is 773 g/mol. The Labute approximate surface area is 324 Å². The van der Waals surface area contributed by atoms with Crippen molar-refractivity contribution in [1.29, 1.82) is 0 Å². The third-order valence-corrected chi connectivity index (χ3v) is 12.5. The molecule has 0 amide bonds. The van der Waals surface area contributed by atoms with E-state index in [9.17, 15) is 18.0 Å². The van der Waals surface area contributed by atoms with Gasteiger partial charge < -0.3 is 9.47 Å². The van der Waals surface area contributed by atoms with Crippen LogP contribution in [-0.2, 0) is 24.3 Å². The zero-order valence-corrected chi connectivity index (χ0v) is 36.0. The lowest BCUT2D eigenvalue weighted by molar-refractivity contribution is -0.145. The number of sulfonamides is 1. The lowest BCUT2D eigenvalue weighted by atomic mass is 9.74. The molecule has 1 atom stereocenters. The lowest BCUT2D eigenvalue weighted by Gasteiger charge is -2.29. The molecule has 1 aromatic carbocycles. The molecule has 0 bridgehead atoms. The molecule has 3 aromatic rings. The van der Waals surface area contributed by atoms with Crippen LogP contribution in [0.5, 0.6) is 5.88 Å². The van der Waals surface area contributed by atoms with Gasteiger partial charge in [-0.05, 0) is 94.2 Å². The van der Waals surface area contributed by atoms with E-state index in [1.807, 2.05) is 83.3 Å². The van der Waals surface area contributed by atoms with Crippen molar-refractivity contribution in [3.05, 3.63) is 41.8 Å². The van der Waals surface area contributed by atoms with Crippen LogP contribution in [0.25, 0.3) is 21.6 Å². The maximum absolute atomic E-state index is 12.2.